The largest absolute Gasteiger partial charge is 0.334 e. The molecule has 1 heterocycles. The molecule has 0 amide bonds. The lowest BCUT2D eigenvalue weighted by Gasteiger charge is -2.02. The molecule has 86 valence electrons. The van der Waals surface area contributed by atoms with Gasteiger partial charge in [-0.25, -0.2) is 0 Å². The van der Waals surface area contributed by atoms with E-state index in [-0.39, 0.29) is 5.69 Å². The van der Waals surface area contributed by atoms with Gasteiger partial charge in [-0.1, -0.05) is 19.1 Å². The Kier molecular flexibility index (Phi) is 4.44. The Labute approximate surface area is 93.2 Å². The number of aryl methyl sites for hydroxylation is 1. The van der Waals surface area contributed by atoms with Gasteiger partial charge in [0.25, 0.3) is 0 Å². The lowest BCUT2D eigenvalue weighted by molar-refractivity contribution is -0.386. The van der Waals surface area contributed by atoms with Crippen molar-refractivity contribution in [1.29, 1.82) is 0 Å². The second kappa shape index (κ2) is 5.85. The zero-order valence-corrected chi connectivity index (χ0v) is 9.13. The van der Waals surface area contributed by atoms with E-state index in [0.717, 1.165) is 6.42 Å². The quantitative estimate of drug-likeness (QED) is 0.435. The van der Waals surface area contributed by atoms with E-state index in [2.05, 4.69) is 0 Å². The fraction of sp³-hybridized carbons (Fsp3) is 0.364. The standard InChI is InChI=1S/C11H14N2O3/c1-2-3-4-5-8-12-9-6-7-10(11(12)14)13(15)16/h3-4,6-7,9H,2,5,8H2,1H3/b4-3+. The molecule has 0 saturated heterocycles. The summed E-state index contributed by atoms with van der Waals surface area (Å²) in [5.41, 5.74) is -0.917. The summed E-state index contributed by atoms with van der Waals surface area (Å²) in [4.78, 5) is 21.4. The van der Waals surface area contributed by atoms with E-state index in [9.17, 15) is 14.9 Å². The molecule has 0 bridgehead atoms. The first-order valence-corrected chi connectivity index (χ1v) is 5.15. The van der Waals surface area contributed by atoms with Crippen LogP contribution >= 0.6 is 0 Å². The second-order valence-corrected chi connectivity index (χ2v) is 3.32. The Hall–Kier alpha value is -1.91. The highest BCUT2D eigenvalue weighted by molar-refractivity contribution is 5.25. The number of aromatic nitrogens is 1. The van der Waals surface area contributed by atoms with E-state index in [4.69, 9.17) is 0 Å². The molecule has 0 spiro atoms. The van der Waals surface area contributed by atoms with Gasteiger partial charge in [0.1, 0.15) is 0 Å². The Morgan fingerprint density at radius 3 is 2.88 bits per heavy atom. The van der Waals surface area contributed by atoms with Crippen molar-refractivity contribution in [3.8, 4) is 0 Å². The molecule has 0 fully saturated rings. The first kappa shape index (κ1) is 12.2. The molecular weight excluding hydrogens is 208 g/mol. The van der Waals surface area contributed by atoms with Crippen LogP contribution in [0.15, 0.2) is 35.3 Å². The topological polar surface area (TPSA) is 65.1 Å². The molecule has 16 heavy (non-hydrogen) atoms. The van der Waals surface area contributed by atoms with Crippen molar-refractivity contribution in [1.82, 2.24) is 4.57 Å². The summed E-state index contributed by atoms with van der Waals surface area (Å²) in [6, 6.07) is 2.74. The van der Waals surface area contributed by atoms with Gasteiger partial charge in [0.05, 0.1) is 4.92 Å². The Bertz CT molecular complexity index is 449. The van der Waals surface area contributed by atoms with Crippen LogP contribution in [-0.2, 0) is 6.54 Å². The van der Waals surface area contributed by atoms with Gasteiger partial charge in [-0.2, -0.15) is 0 Å². The van der Waals surface area contributed by atoms with Crippen LogP contribution in [-0.4, -0.2) is 9.49 Å². The van der Waals surface area contributed by atoms with Crippen molar-refractivity contribution in [2.45, 2.75) is 26.3 Å². The normalized spacial score (nSPS) is 10.8. The van der Waals surface area contributed by atoms with Crippen LogP contribution in [0.4, 0.5) is 5.69 Å². The van der Waals surface area contributed by atoms with Crippen molar-refractivity contribution >= 4 is 5.69 Å². The summed E-state index contributed by atoms with van der Waals surface area (Å²) in [6.45, 7) is 2.49. The molecule has 5 heteroatoms. The molecule has 1 rings (SSSR count). The number of allylic oxidation sites excluding steroid dienone is 2. The molecular formula is C11H14N2O3. The maximum absolute atomic E-state index is 11.6. The number of pyridine rings is 1. The van der Waals surface area contributed by atoms with Crippen molar-refractivity contribution in [3.63, 3.8) is 0 Å². The lowest BCUT2D eigenvalue weighted by atomic mass is 10.3. The summed E-state index contributed by atoms with van der Waals surface area (Å²) < 4.78 is 1.36. The summed E-state index contributed by atoms with van der Waals surface area (Å²) in [6.07, 6.45) is 7.18. The molecule has 0 aromatic carbocycles. The summed E-state index contributed by atoms with van der Waals surface area (Å²) in [5.74, 6) is 0. The van der Waals surface area contributed by atoms with Crippen molar-refractivity contribution in [2.75, 3.05) is 0 Å². The third kappa shape index (κ3) is 3.05. The van der Waals surface area contributed by atoms with Crippen LogP contribution in [0.2, 0.25) is 0 Å². The van der Waals surface area contributed by atoms with Crippen LogP contribution in [0.1, 0.15) is 19.8 Å². The fourth-order valence-corrected chi connectivity index (χ4v) is 1.34. The van der Waals surface area contributed by atoms with E-state index in [0.29, 0.717) is 13.0 Å². The first-order valence-electron chi connectivity index (χ1n) is 5.15. The minimum absolute atomic E-state index is 0.373. The zero-order valence-electron chi connectivity index (χ0n) is 9.13. The van der Waals surface area contributed by atoms with Crippen molar-refractivity contribution in [3.05, 3.63) is 50.9 Å². The fourth-order valence-electron chi connectivity index (χ4n) is 1.34. The number of nitrogens with zero attached hydrogens (tertiary/aromatic N) is 2. The van der Waals surface area contributed by atoms with Crippen molar-refractivity contribution < 1.29 is 4.92 Å². The molecule has 0 unspecified atom stereocenters. The maximum atomic E-state index is 11.6. The minimum atomic E-state index is -0.652. The summed E-state index contributed by atoms with van der Waals surface area (Å²) in [7, 11) is 0. The summed E-state index contributed by atoms with van der Waals surface area (Å²) >= 11 is 0. The van der Waals surface area contributed by atoms with Gasteiger partial charge in [0.15, 0.2) is 0 Å². The van der Waals surface area contributed by atoms with Gasteiger partial charge in [0.2, 0.25) is 0 Å². The smallest absolute Gasteiger partial charge is 0.309 e. The predicted octanol–water partition coefficient (Wildman–Crippen LogP) is 2.11. The monoisotopic (exact) mass is 222 g/mol. The van der Waals surface area contributed by atoms with Gasteiger partial charge in [-0.05, 0) is 18.9 Å². The zero-order chi connectivity index (χ0) is 12.0. The van der Waals surface area contributed by atoms with Crippen LogP contribution in [0.5, 0.6) is 0 Å². The Balaban J connectivity index is 2.82. The maximum Gasteiger partial charge on any atom is 0.334 e. The molecule has 0 saturated carbocycles. The Morgan fingerprint density at radius 1 is 1.50 bits per heavy atom. The lowest BCUT2D eigenvalue weighted by Crippen LogP contribution is -2.21. The van der Waals surface area contributed by atoms with Gasteiger partial charge < -0.3 is 4.57 Å². The number of nitro groups is 1. The predicted molar refractivity (Wildman–Crippen MR) is 61.4 cm³/mol. The highest BCUT2D eigenvalue weighted by atomic mass is 16.6. The van der Waals surface area contributed by atoms with E-state index in [1.54, 1.807) is 6.20 Å². The first-order chi connectivity index (χ1) is 7.66. The van der Waals surface area contributed by atoms with Gasteiger partial charge in [-0.3, -0.25) is 14.9 Å². The van der Waals surface area contributed by atoms with Gasteiger partial charge >= 0.3 is 11.2 Å². The van der Waals surface area contributed by atoms with Crippen molar-refractivity contribution in [2.24, 2.45) is 0 Å². The molecule has 0 N–H and O–H groups in total. The van der Waals surface area contributed by atoms with E-state index in [1.807, 2.05) is 19.1 Å². The molecule has 1 aromatic rings. The molecule has 0 atom stereocenters. The second-order valence-electron chi connectivity index (χ2n) is 3.32. The van der Waals surface area contributed by atoms with E-state index < -0.39 is 10.5 Å². The molecule has 0 aliphatic heterocycles. The SMILES string of the molecule is CC/C=C/CCn1cccc([N+](=O)[O-])c1=O. The highest BCUT2D eigenvalue weighted by Gasteiger charge is 2.12. The average molecular weight is 222 g/mol. The third-order valence-corrected chi connectivity index (χ3v) is 2.14. The molecule has 0 radical (unpaired) electrons. The van der Waals surface area contributed by atoms with E-state index in [1.165, 1.54) is 16.7 Å². The number of rotatable bonds is 5. The van der Waals surface area contributed by atoms with Gasteiger partial charge in [-0.15, -0.1) is 0 Å². The van der Waals surface area contributed by atoms with E-state index >= 15 is 0 Å². The van der Waals surface area contributed by atoms with Crippen LogP contribution in [0.25, 0.3) is 0 Å². The molecule has 0 aliphatic rings. The molecule has 5 nitrogen and oxygen atoms in total. The minimum Gasteiger partial charge on any atom is -0.309 e. The number of hydrogen-bond donors (Lipinski definition) is 0. The van der Waals surface area contributed by atoms with Crippen LogP contribution < -0.4 is 5.56 Å². The number of hydrogen-bond acceptors (Lipinski definition) is 3. The highest BCUT2D eigenvalue weighted by Crippen LogP contribution is 2.02. The Morgan fingerprint density at radius 2 is 2.25 bits per heavy atom. The molecule has 0 aliphatic carbocycles. The van der Waals surface area contributed by atoms with Gasteiger partial charge in [0, 0.05) is 18.8 Å². The van der Waals surface area contributed by atoms with Crippen LogP contribution in [0, 0.1) is 10.1 Å². The molecule has 1 aromatic heterocycles. The summed E-state index contributed by atoms with van der Waals surface area (Å²) in [5, 5.41) is 10.5. The average Bonchev–Trinajstić information content (AvgIpc) is 2.26. The third-order valence-electron chi connectivity index (χ3n) is 2.14. The van der Waals surface area contributed by atoms with Crippen LogP contribution in [0.3, 0.4) is 0 Å².